The standard InChI is InChI=1S/C21H21FN6/c1-3-14(2)24-21-26-19(25-16-9-7-8-15(22)12-16)18-13-23-28(20(18)27-21)17-10-5-4-6-11-17/h4-14H,3H2,1-2H3,(H2,24,25,26,27)/t14-/m1/s1. The van der Waals surface area contributed by atoms with Crippen LogP contribution in [-0.4, -0.2) is 25.8 Å². The Kier molecular flexibility index (Phi) is 4.89. The van der Waals surface area contributed by atoms with Crippen LogP contribution in [0, 0.1) is 5.82 Å². The van der Waals surface area contributed by atoms with Crippen molar-refractivity contribution >= 4 is 28.5 Å². The number of benzene rings is 2. The van der Waals surface area contributed by atoms with Gasteiger partial charge in [-0.1, -0.05) is 31.2 Å². The van der Waals surface area contributed by atoms with Gasteiger partial charge in [-0.2, -0.15) is 15.1 Å². The Morgan fingerprint density at radius 2 is 1.89 bits per heavy atom. The predicted molar refractivity (Wildman–Crippen MR) is 110 cm³/mol. The topological polar surface area (TPSA) is 67.7 Å². The summed E-state index contributed by atoms with van der Waals surface area (Å²) >= 11 is 0. The van der Waals surface area contributed by atoms with Crippen molar-refractivity contribution in [2.45, 2.75) is 26.3 Å². The van der Waals surface area contributed by atoms with E-state index >= 15 is 0 Å². The van der Waals surface area contributed by atoms with Gasteiger partial charge in [0, 0.05) is 11.7 Å². The molecule has 2 aromatic carbocycles. The molecule has 0 saturated heterocycles. The second kappa shape index (κ2) is 7.64. The number of aromatic nitrogens is 4. The van der Waals surface area contributed by atoms with Crippen LogP contribution >= 0.6 is 0 Å². The van der Waals surface area contributed by atoms with Crippen LogP contribution in [0.4, 0.5) is 21.8 Å². The summed E-state index contributed by atoms with van der Waals surface area (Å²) < 4.78 is 15.4. The Hall–Kier alpha value is -3.48. The molecule has 7 heteroatoms. The SMILES string of the molecule is CC[C@@H](C)Nc1nc(Nc2cccc(F)c2)c2cnn(-c3ccccc3)c2n1. The molecule has 1 atom stereocenters. The summed E-state index contributed by atoms with van der Waals surface area (Å²) in [7, 11) is 0. The van der Waals surface area contributed by atoms with Gasteiger partial charge >= 0.3 is 0 Å². The summed E-state index contributed by atoms with van der Waals surface area (Å²) in [6.07, 6.45) is 2.66. The molecule has 2 heterocycles. The lowest BCUT2D eigenvalue weighted by Crippen LogP contribution is -2.16. The molecule has 0 aliphatic rings. The van der Waals surface area contributed by atoms with Gasteiger partial charge in [-0.3, -0.25) is 0 Å². The number of rotatable bonds is 6. The van der Waals surface area contributed by atoms with Crippen LogP contribution in [0.1, 0.15) is 20.3 Å². The van der Waals surface area contributed by atoms with E-state index in [4.69, 9.17) is 0 Å². The van der Waals surface area contributed by atoms with Gasteiger partial charge in [-0.15, -0.1) is 0 Å². The van der Waals surface area contributed by atoms with Gasteiger partial charge in [0.05, 0.1) is 17.3 Å². The molecule has 4 rings (SSSR count). The Morgan fingerprint density at radius 3 is 2.64 bits per heavy atom. The number of nitrogens with zero attached hydrogens (tertiary/aromatic N) is 4. The molecule has 0 saturated carbocycles. The first kappa shape index (κ1) is 17.9. The van der Waals surface area contributed by atoms with Crippen LogP contribution in [-0.2, 0) is 0 Å². The van der Waals surface area contributed by atoms with E-state index in [9.17, 15) is 4.39 Å². The van der Waals surface area contributed by atoms with E-state index in [2.05, 4.69) is 39.5 Å². The molecule has 0 fully saturated rings. The molecule has 0 bridgehead atoms. The smallest absolute Gasteiger partial charge is 0.226 e. The van der Waals surface area contributed by atoms with Crippen LogP contribution in [0.3, 0.4) is 0 Å². The highest BCUT2D eigenvalue weighted by Crippen LogP contribution is 2.27. The number of fused-ring (bicyclic) bond motifs is 1. The van der Waals surface area contributed by atoms with Crippen molar-refractivity contribution < 1.29 is 4.39 Å². The van der Waals surface area contributed by atoms with Crippen molar-refractivity contribution in [2.75, 3.05) is 10.6 Å². The fourth-order valence-electron chi connectivity index (χ4n) is 2.85. The lowest BCUT2D eigenvalue weighted by molar-refractivity contribution is 0.628. The zero-order valence-corrected chi connectivity index (χ0v) is 15.7. The third kappa shape index (κ3) is 3.64. The number of hydrogen-bond acceptors (Lipinski definition) is 5. The summed E-state index contributed by atoms with van der Waals surface area (Å²) in [5, 5.41) is 11.8. The van der Waals surface area contributed by atoms with Gasteiger partial charge in [-0.25, -0.2) is 9.07 Å². The highest BCUT2D eigenvalue weighted by molar-refractivity contribution is 5.90. The van der Waals surface area contributed by atoms with E-state index in [1.54, 1.807) is 23.0 Å². The Balaban J connectivity index is 1.84. The average Bonchev–Trinajstić information content (AvgIpc) is 3.13. The van der Waals surface area contributed by atoms with Crippen LogP contribution in [0.5, 0.6) is 0 Å². The largest absolute Gasteiger partial charge is 0.352 e. The maximum atomic E-state index is 13.6. The fraction of sp³-hybridized carbons (Fsp3) is 0.190. The maximum absolute atomic E-state index is 13.6. The highest BCUT2D eigenvalue weighted by Gasteiger charge is 2.15. The molecule has 2 N–H and O–H groups in total. The van der Waals surface area contributed by atoms with Gasteiger partial charge in [-0.05, 0) is 43.7 Å². The second-order valence-corrected chi connectivity index (χ2v) is 6.61. The van der Waals surface area contributed by atoms with Gasteiger partial charge in [0.15, 0.2) is 5.65 Å². The van der Waals surface area contributed by atoms with E-state index in [1.807, 2.05) is 30.3 Å². The summed E-state index contributed by atoms with van der Waals surface area (Å²) in [6.45, 7) is 4.16. The van der Waals surface area contributed by atoms with E-state index in [0.29, 0.717) is 23.1 Å². The number of halogens is 1. The van der Waals surface area contributed by atoms with E-state index < -0.39 is 0 Å². The minimum Gasteiger partial charge on any atom is -0.352 e. The van der Waals surface area contributed by atoms with Crippen LogP contribution in [0.15, 0.2) is 60.8 Å². The van der Waals surface area contributed by atoms with E-state index in [1.165, 1.54) is 12.1 Å². The quantitative estimate of drug-likeness (QED) is 0.500. The Bertz CT molecular complexity index is 1090. The molecule has 0 aliphatic heterocycles. The predicted octanol–water partition coefficient (Wildman–Crippen LogP) is 4.91. The van der Waals surface area contributed by atoms with Crippen LogP contribution in [0.2, 0.25) is 0 Å². The molecule has 2 aromatic heterocycles. The highest BCUT2D eigenvalue weighted by atomic mass is 19.1. The average molecular weight is 376 g/mol. The number of nitrogens with one attached hydrogen (secondary N) is 2. The third-order valence-corrected chi connectivity index (χ3v) is 4.50. The maximum Gasteiger partial charge on any atom is 0.226 e. The van der Waals surface area contributed by atoms with Crippen molar-refractivity contribution in [3.05, 3.63) is 66.6 Å². The van der Waals surface area contributed by atoms with Crippen LogP contribution < -0.4 is 10.6 Å². The number of para-hydroxylation sites is 1. The normalized spacial score (nSPS) is 12.1. The monoisotopic (exact) mass is 376 g/mol. The Morgan fingerprint density at radius 1 is 1.07 bits per heavy atom. The minimum atomic E-state index is -0.312. The molecule has 6 nitrogen and oxygen atoms in total. The molecular weight excluding hydrogens is 355 g/mol. The van der Waals surface area contributed by atoms with Crippen molar-refractivity contribution in [3.8, 4) is 5.69 Å². The molecule has 0 amide bonds. The van der Waals surface area contributed by atoms with Crippen molar-refractivity contribution in [1.29, 1.82) is 0 Å². The van der Waals surface area contributed by atoms with Crippen molar-refractivity contribution in [2.24, 2.45) is 0 Å². The molecule has 4 aromatic rings. The van der Waals surface area contributed by atoms with Crippen molar-refractivity contribution in [1.82, 2.24) is 19.7 Å². The number of hydrogen-bond donors (Lipinski definition) is 2. The first-order valence-electron chi connectivity index (χ1n) is 9.24. The molecule has 142 valence electrons. The lowest BCUT2D eigenvalue weighted by Gasteiger charge is -2.14. The van der Waals surface area contributed by atoms with E-state index in [-0.39, 0.29) is 11.9 Å². The minimum absolute atomic E-state index is 0.215. The van der Waals surface area contributed by atoms with Gasteiger partial charge in [0.1, 0.15) is 11.6 Å². The summed E-state index contributed by atoms with van der Waals surface area (Å²) in [4.78, 5) is 9.30. The zero-order valence-electron chi connectivity index (χ0n) is 15.7. The van der Waals surface area contributed by atoms with Gasteiger partial charge in [0.2, 0.25) is 5.95 Å². The zero-order chi connectivity index (χ0) is 19.5. The van der Waals surface area contributed by atoms with Crippen molar-refractivity contribution in [3.63, 3.8) is 0 Å². The molecule has 0 radical (unpaired) electrons. The summed E-state index contributed by atoms with van der Waals surface area (Å²) in [5.74, 6) is 0.759. The first-order valence-corrected chi connectivity index (χ1v) is 9.24. The molecular formula is C21H21FN6. The molecule has 28 heavy (non-hydrogen) atoms. The second-order valence-electron chi connectivity index (χ2n) is 6.61. The molecule has 0 unspecified atom stereocenters. The Labute approximate surface area is 162 Å². The van der Waals surface area contributed by atoms with Gasteiger partial charge < -0.3 is 10.6 Å². The van der Waals surface area contributed by atoms with Crippen LogP contribution in [0.25, 0.3) is 16.7 Å². The lowest BCUT2D eigenvalue weighted by atomic mass is 10.2. The molecule has 0 aliphatic carbocycles. The molecule has 0 spiro atoms. The number of anilines is 3. The van der Waals surface area contributed by atoms with E-state index in [0.717, 1.165) is 17.5 Å². The summed E-state index contributed by atoms with van der Waals surface area (Å²) in [5.41, 5.74) is 2.19. The van der Waals surface area contributed by atoms with Gasteiger partial charge in [0.25, 0.3) is 0 Å². The third-order valence-electron chi connectivity index (χ3n) is 4.50. The first-order chi connectivity index (χ1) is 13.6. The fourth-order valence-corrected chi connectivity index (χ4v) is 2.85. The summed E-state index contributed by atoms with van der Waals surface area (Å²) in [6, 6.07) is 16.3.